The number of carbonyl (C=O) groups is 1. The molecule has 2 aromatic carbocycles. The van der Waals surface area contributed by atoms with Crippen LogP contribution in [0.2, 0.25) is 0 Å². The first-order valence-corrected chi connectivity index (χ1v) is 13.6. The van der Waals surface area contributed by atoms with E-state index in [2.05, 4.69) is 62.5 Å². The van der Waals surface area contributed by atoms with Gasteiger partial charge in [0.05, 0.1) is 17.6 Å². The third kappa shape index (κ3) is 3.08. The van der Waals surface area contributed by atoms with Crippen molar-refractivity contribution in [3.8, 4) is 0 Å². The smallest absolute Gasteiger partial charge is 0.227 e. The minimum Gasteiger partial charge on any atom is -0.355 e. The Bertz CT molecular complexity index is 1590. The third-order valence-electron chi connectivity index (χ3n) is 9.29. The van der Waals surface area contributed by atoms with Crippen LogP contribution < -0.4 is 20.4 Å². The second-order valence-electron chi connectivity index (χ2n) is 11.2. The molecule has 3 aliphatic heterocycles. The maximum atomic E-state index is 12.6. The molecule has 0 bridgehead atoms. The fraction of sp³-hybridized carbons (Fsp3) is 0.379. The van der Waals surface area contributed by atoms with Crippen molar-refractivity contribution in [3.63, 3.8) is 0 Å². The monoisotopic (exact) mass is 506 g/mol. The number of nitrogens with zero attached hydrogens (tertiary/aromatic N) is 6. The van der Waals surface area contributed by atoms with Crippen molar-refractivity contribution in [3.05, 3.63) is 65.4 Å². The van der Waals surface area contributed by atoms with Crippen LogP contribution in [-0.2, 0) is 17.6 Å². The molecule has 1 fully saturated rings. The Labute approximate surface area is 220 Å². The number of rotatable bonds is 2. The summed E-state index contributed by atoms with van der Waals surface area (Å²) in [7, 11) is 0. The average Bonchev–Trinajstić information content (AvgIpc) is 3.49. The zero-order valence-corrected chi connectivity index (χ0v) is 21.2. The molecule has 0 unspecified atom stereocenters. The molecule has 4 aromatic rings. The Hall–Kier alpha value is -3.98. The first-order chi connectivity index (χ1) is 18.6. The molecule has 8 rings (SSSR count). The van der Waals surface area contributed by atoms with Crippen LogP contribution in [0.3, 0.4) is 0 Å². The Morgan fingerprint density at radius 3 is 2.63 bits per heavy atom. The number of nitrogens with one attached hydrogen (secondary N) is 1. The number of aromatic nitrogens is 4. The van der Waals surface area contributed by atoms with Crippen LogP contribution in [-0.4, -0.2) is 52.3 Å². The molecule has 1 spiro atoms. The number of benzene rings is 2. The van der Waals surface area contributed by atoms with Crippen molar-refractivity contribution in [1.82, 2.24) is 20.2 Å². The van der Waals surface area contributed by atoms with Gasteiger partial charge < -0.3 is 20.4 Å². The van der Waals surface area contributed by atoms with Crippen LogP contribution in [0, 0.1) is 5.41 Å². The van der Waals surface area contributed by atoms with Gasteiger partial charge in [0.2, 0.25) is 5.91 Å². The highest BCUT2D eigenvalue weighted by atomic mass is 16.2. The number of nitrogens with two attached hydrogens (primary N) is 1. The van der Waals surface area contributed by atoms with Crippen molar-refractivity contribution in [2.24, 2.45) is 11.1 Å². The van der Waals surface area contributed by atoms with E-state index in [1.807, 2.05) is 11.1 Å². The predicted octanol–water partition coefficient (Wildman–Crippen LogP) is 3.63. The summed E-state index contributed by atoms with van der Waals surface area (Å²) in [6.45, 7) is 3.14. The lowest BCUT2D eigenvalue weighted by molar-refractivity contribution is -0.118. The summed E-state index contributed by atoms with van der Waals surface area (Å²) in [6.07, 6.45) is 6.38. The topological polar surface area (TPSA) is 107 Å². The number of aromatic amines is 1. The fourth-order valence-corrected chi connectivity index (χ4v) is 7.19. The van der Waals surface area contributed by atoms with Gasteiger partial charge in [-0.3, -0.25) is 9.89 Å². The molecule has 0 saturated carbocycles. The molecule has 192 valence electrons. The van der Waals surface area contributed by atoms with E-state index in [1.54, 1.807) is 0 Å². The number of hydrogen-bond acceptors (Lipinski definition) is 7. The Morgan fingerprint density at radius 2 is 1.76 bits per heavy atom. The van der Waals surface area contributed by atoms with E-state index >= 15 is 0 Å². The summed E-state index contributed by atoms with van der Waals surface area (Å²) in [5, 5.41) is 7.78. The Balaban J connectivity index is 1.06. The molecule has 5 heterocycles. The minimum absolute atomic E-state index is 0.101. The summed E-state index contributed by atoms with van der Waals surface area (Å²) in [4.78, 5) is 28.8. The minimum atomic E-state index is 0.101. The number of H-pyrrole nitrogens is 1. The SMILES string of the molecule is N[C@H]1c2ccccc2CC12CCN(c1cnc3c(N4CCN5C(=O)CCc6cccc4c65)n[nH]c3n1)CC2. The highest BCUT2D eigenvalue weighted by Gasteiger charge is 2.46. The molecule has 3 N–H and O–H groups in total. The fourth-order valence-electron chi connectivity index (χ4n) is 7.19. The maximum Gasteiger partial charge on any atom is 0.227 e. The molecular formula is C29H30N8O. The van der Waals surface area contributed by atoms with E-state index in [-0.39, 0.29) is 17.4 Å². The second-order valence-corrected chi connectivity index (χ2v) is 11.2. The maximum absolute atomic E-state index is 12.6. The van der Waals surface area contributed by atoms with E-state index in [0.717, 1.165) is 67.3 Å². The highest BCUT2D eigenvalue weighted by molar-refractivity contribution is 6.03. The largest absolute Gasteiger partial charge is 0.355 e. The van der Waals surface area contributed by atoms with Gasteiger partial charge in [-0.15, -0.1) is 0 Å². The van der Waals surface area contributed by atoms with Crippen LogP contribution in [0.5, 0.6) is 0 Å². The summed E-state index contributed by atoms with van der Waals surface area (Å²) in [6, 6.07) is 15.0. The number of anilines is 4. The van der Waals surface area contributed by atoms with Gasteiger partial charge in [-0.2, -0.15) is 5.10 Å². The number of amides is 1. The quantitative estimate of drug-likeness (QED) is 0.428. The van der Waals surface area contributed by atoms with Crippen LogP contribution >= 0.6 is 0 Å². The van der Waals surface area contributed by atoms with Crippen molar-refractivity contribution < 1.29 is 4.79 Å². The van der Waals surface area contributed by atoms with E-state index in [0.29, 0.717) is 25.2 Å². The van der Waals surface area contributed by atoms with Gasteiger partial charge in [0.15, 0.2) is 17.0 Å². The lowest BCUT2D eigenvalue weighted by Gasteiger charge is -2.42. The molecule has 1 aliphatic carbocycles. The number of fused-ring (bicyclic) bond motifs is 2. The Morgan fingerprint density at radius 1 is 0.947 bits per heavy atom. The summed E-state index contributed by atoms with van der Waals surface area (Å²) >= 11 is 0. The molecular weight excluding hydrogens is 476 g/mol. The molecule has 38 heavy (non-hydrogen) atoms. The van der Waals surface area contributed by atoms with Gasteiger partial charge in [0, 0.05) is 38.6 Å². The number of hydrogen-bond donors (Lipinski definition) is 2. The number of aryl methyl sites for hydroxylation is 1. The lowest BCUT2D eigenvalue weighted by atomic mass is 9.73. The number of para-hydroxylation sites is 1. The first-order valence-electron chi connectivity index (χ1n) is 13.6. The standard InChI is InChI=1S/C29H30N8O/c30-26-20-6-2-1-4-19(20)16-29(26)10-12-35(13-11-29)22-17-31-24-27(32-22)33-34-28(24)36-14-15-37-23(38)9-8-18-5-3-7-21(36)25(18)37/h1-7,17,26H,8-16,30H2,(H,32,33,34)/t26-/m0/s1. The number of carbonyl (C=O) groups excluding carboxylic acids is 1. The predicted molar refractivity (Wildman–Crippen MR) is 147 cm³/mol. The summed E-state index contributed by atoms with van der Waals surface area (Å²) in [5.74, 6) is 1.84. The zero-order valence-electron chi connectivity index (χ0n) is 21.2. The normalized spacial score (nSPS) is 21.8. The summed E-state index contributed by atoms with van der Waals surface area (Å²) in [5.41, 5.74) is 14.3. The van der Waals surface area contributed by atoms with E-state index in [9.17, 15) is 4.79 Å². The van der Waals surface area contributed by atoms with Crippen molar-refractivity contribution in [2.75, 3.05) is 40.9 Å². The van der Waals surface area contributed by atoms with Crippen LogP contribution in [0.4, 0.5) is 23.0 Å². The van der Waals surface area contributed by atoms with Crippen LogP contribution in [0.1, 0.15) is 42.0 Å². The van der Waals surface area contributed by atoms with E-state index < -0.39 is 0 Å². The van der Waals surface area contributed by atoms with Gasteiger partial charge in [-0.05, 0) is 53.9 Å². The van der Waals surface area contributed by atoms with E-state index in [4.69, 9.17) is 15.7 Å². The zero-order chi connectivity index (χ0) is 25.4. The number of piperidine rings is 1. The van der Waals surface area contributed by atoms with Crippen LogP contribution in [0.25, 0.3) is 11.2 Å². The van der Waals surface area contributed by atoms with Gasteiger partial charge in [0.25, 0.3) is 0 Å². The first kappa shape index (κ1) is 22.0. The van der Waals surface area contributed by atoms with Gasteiger partial charge in [0.1, 0.15) is 5.82 Å². The lowest BCUT2D eigenvalue weighted by Crippen LogP contribution is -2.45. The van der Waals surface area contributed by atoms with Gasteiger partial charge >= 0.3 is 0 Å². The van der Waals surface area contributed by atoms with Gasteiger partial charge in [-0.25, -0.2) is 9.97 Å². The average molecular weight is 507 g/mol. The Kier molecular flexibility index (Phi) is 4.65. The van der Waals surface area contributed by atoms with E-state index in [1.165, 1.54) is 16.7 Å². The molecule has 9 heteroatoms. The van der Waals surface area contributed by atoms with Gasteiger partial charge in [-0.1, -0.05) is 36.4 Å². The molecule has 4 aliphatic rings. The molecule has 9 nitrogen and oxygen atoms in total. The highest BCUT2D eigenvalue weighted by Crippen LogP contribution is 2.51. The van der Waals surface area contributed by atoms with Crippen molar-refractivity contribution >= 4 is 40.1 Å². The van der Waals surface area contributed by atoms with Crippen molar-refractivity contribution in [1.29, 1.82) is 0 Å². The summed E-state index contributed by atoms with van der Waals surface area (Å²) < 4.78 is 0. The molecule has 0 radical (unpaired) electrons. The molecule has 2 aromatic heterocycles. The molecule has 1 amide bonds. The molecule has 1 saturated heterocycles. The molecule has 1 atom stereocenters. The van der Waals surface area contributed by atoms with Crippen LogP contribution in [0.15, 0.2) is 48.7 Å². The van der Waals surface area contributed by atoms with Crippen molar-refractivity contribution in [2.45, 2.75) is 38.1 Å². The third-order valence-corrected chi connectivity index (χ3v) is 9.29. The second kappa shape index (κ2) is 8.01.